The number of nitrogens with zero attached hydrogens (tertiary/aromatic N) is 2. The van der Waals surface area contributed by atoms with Gasteiger partial charge in [0.1, 0.15) is 24.7 Å². The van der Waals surface area contributed by atoms with Gasteiger partial charge in [0.05, 0.1) is 24.1 Å². The summed E-state index contributed by atoms with van der Waals surface area (Å²) in [7, 11) is 3.76. The molecule has 0 aliphatic carbocycles. The van der Waals surface area contributed by atoms with E-state index in [0.29, 0.717) is 82.5 Å². The maximum atomic E-state index is 12.5. The highest BCUT2D eigenvalue weighted by atomic mass is 35.5. The molecule has 3 aromatic carbocycles. The van der Waals surface area contributed by atoms with Gasteiger partial charge in [-0.25, -0.2) is 4.79 Å². The van der Waals surface area contributed by atoms with Crippen LogP contribution in [0.15, 0.2) is 60.8 Å². The van der Waals surface area contributed by atoms with Crippen molar-refractivity contribution in [2.75, 3.05) is 64.3 Å². The van der Waals surface area contributed by atoms with Gasteiger partial charge in [-0.05, 0) is 74.5 Å². The Kier molecular flexibility index (Phi) is 10.0. The van der Waals surface area contributed by atoms with Crippen molar-refractivity contribution in [1.82, 2.24) is 9.88 Å². The van der Waals surface area contributed by atoms with Gasteiger partial charge in [-0.15, -0.1) is 0 Å². The number of aryl methyl sites for hydroxylation is 1. The van der Waals surface area contributed by atoms with Crippen molar-refractivity contribution < 1.29 is 28.5 Å². The van der Waals surface area contributed by atoms with Crippen molar-refractivity contribution in [3.8, 4) is 28.7 Å². The minimum atomic E-state index is -0.365. The molecule has 0 saturated heterocycles. The van der Waals surface area contributed by atoms with Gasteiger partial charge in [0.2, 0.25) is 5.75 Å². The lowest BCUT2D eigenvalue weighted by atomic mass is 10.1. The molecule has 4 aromatic rings. The molecule has 1 aromatic heterocycles. The Hall–Kier alpha value is -4.25. The minimum absolute atomic E-state index is 0.365. The zero-order valence-corrected chi connectivity index (χ0v) is 25.2. The number of anilines is 2. The van der Waals surface area contributed by atoms with E-state index in [-0.39, 0.29) is 6.03 Å². The summed E-state index contributed by atoms with van der Waals surface area (Å²) in [5.74, 6) is 2.83. The van der Waals surface area contributed by atoms with Crippen LogP contribution in [0.1, 0.15) is 12.0 Å². The van der Waals surface area contributed by atoms with Crippen LogP contribution in [0.5, 0.6) is 28.7 Å². The van der Waals surface area contributed by atoms with E-state index in [1.54, 1.807) is 55.8 Å². The summed E-state index contributed by atoms with van der Waals surface area (Å²) in [6.07, 6.45) is 2.53. The van der Waals surface area contributed by atoms with Gasteiger partial charge in [0.25, 0.3) is 0 Å². The lowest BCUT2D eigenvalue weighted by molar-refractivity contribution is 0.153. The number of halogens is 1. The van der Waals surface area contributed by atoms with E-state index in [2.05, 4.69) is 27.6 Å². The SMILES string of the molecule is COCCN(C)CCCOc1cc2nccc(Oc3ccc(NC(=O)Nc4ccc(Cl)c(C)c4)cc3)c2c2c1OCCO2. The molecule has 0 unspecified atom stereocenters. The van der Waals surface area contributed by atoms with Crippen molar-refractivity contribution >= 4 is 39.9 Å². The number of aromatic nitrogens is 1. The van der Waals surface area contributed by atoms with Crippen LogP contribution in [0.2, 0.25) is 5.02 Å². The topological polar surface area (TPSA) is 103 Å². The van der Waals surface area contributed by atoms with E-state index in [1.165, 1.54) is 0 Å². The number of carbonyl (C=O) groups excluding carboxylic acids is 1. The summed E-state index contributed by atoms with van der Waals surface area (Å²) in [5.41, 5.74) is 2.80. The van der Waals surface area contributed by atoms with E-state index >= 15 is 0 Å². The number of benzene rings is 3. The van der Waals surface area contributed by atoms with Gasteiger partial charge in [-0.1, -0.05) is 11.6 Å². The predicted molar refractivity (Wildman–Crippen MR) is 168 cm³/mol. The fourth-order valence-electron chi connectivity index (χ4n) is 4.59. The molecule has 0 saturated carbocycles. The summed E-state index contributed by atoms with van der Waals surface area (Å²) < 4.78 is 29.6. The van der Waals surface area contributed by atoms with E-state index in [0.717, 1.165) is 25.1 Å². The average molecular weight is 607 g/mol. The Bertz CT molecular complexity index is 1570. The maximum absolute atomic E-state index is 12.5. The van der Waals surface area contributed by atoms with Gasteiger partial charge in [0.15, 0.2) is 11.5 Å². The van der Waals surface area contributed by atoms with Gasteiger partial charge in [-0.3, -0.25) is 4.98 Å². The van der Waals surface area contributed by atoms with E-state index in [1.807, 2.05) is 19.1 Å². The average Bonchev–Trinajstić information content (AvgIpc) is 3.01. The lowest BCUT2D eigenvalue weighted by Crippen LogP contribution is -2.25. The summed E-state index contributed by atoms with van der Waals surface area (Å²) >= 11 is 6.07. The minimum Gasteiger partial charge on any atom is -0.489 e. The van der Waals surface area contributed by atoms with Crippen LogP contribution < -0.4 is 29.6 Å². The van der Waals surface area contributed by atoms with Crippen LogP contribution in [0.4, 0.5) is 16.2 Å². The molecule has 1 aliphatic heterocycles. The van der Waals surface area contributed by atoms with Crippen molar-refractivity contribution in [2.24, 2.45) is 0 Å². The number of hydrogen-bond donors (Lipinski definition) is 2. The molecule has 0 radical (unpaired) electrons. The summed E-state index contributed by atoms with van der Waals surface area (Å²) in [5, 5.41) is 6.97. The van der Waals surface area contributed by atoms with Gasteiger partial charge < -0.3 is 39.2 Å². The fourth-order valence-corrected chi connectivity index (χ4v) is 4.71. The molecule has 11 heteroatoms. The second kappa shape index (κ2) is 14.3. The third-order valence-electron chi connectivity index (χ3n) is 6.82. The number of amides is 2. The molecule has 2 heterocycles. The van der Waals surface area contributed by atoms with Gasteiger partial charge in [-0.2, -0.15) is 0 Å². The number of nitrogens with one attached hydrogen (secondary N) is 2. The first kappa shape index (κ1) is 30.2. The second-order valence-corrected chi connectivity index (χ2v) is 10.5. The molecule has 0 fully saturated rings. The lowest BCUT2D eigenvalue weighted by Gasteiger charge is -2.24. The zero-order chi connectivity index (χ0) is 30.2. The Morgan fingerprint density at radius 1 is 0.953 bits per heavy atom. The van der Waals surface area contributed by atoms with E-state index < -0.39 is 0 Å². The van der Waals surface area contributed by atoms with E-state index in [9.17, 15) is 4.79 Å². The molecule has 2 amide bonds. The molecule has 0 bridgehead atoms. The third-order valence-corrected chi connectivity index (χ3v) is 7.24. The Labute approximate surface area is 255 Å². The highest BCUT2D eigenvalue weighted by molar-refractivity contribution is 6.31. The normalized spacial score (nSPS) is 12.3. The van der Waals surface area contributed by atoms with Crippen LogP contribution in [-0.2, 0) is 4.74 Å². The molecular weight excluding hydrogens is 572 g/mol. The molecule has 5 rings (SSSR count). The number of methoxy groups -OCH3 is 1. The van der Waals surface area contributed by atoms with E-state index in [4.69, 9.17) is 35.3 Å². The third kappa shape index (κ3) is 7.78. The summed E-state index contributed by atoms with van der Waals surface area (Å²) in [6.45, 7) is 5.67. The first-order chi connectivity index (χ1) is 20.9. The van der Waals surface area contributed by atoms with Crippen LogP contribution >= 0.6 is 11.6 Å². The number of fused-ring (bicyclic) bond motifs is 3. The number of carbonyl (C=O) groups is 1. The number of rotatable bonds is 12. The quantitative estimate of drug-likeness (QED) is 0.171. The van der Waals surface area contributed by atoms with Crippen LogP contribution in [0.3, 0.4) is 0 Å². The van der Waals surface area contributed by atoms with Crippen molar-refractivity contribution in [2.45, 2.75) is 13.3 Å². The summed E-state index contributed by atoms with van der Waals surface area (Å²) in [6, 6.07) is 15.7. The molecule has 43 heavy (non-hydrogen) atoms. The maximum Gasteiger partial charge on any atom is 0.323 e. The van der Waals surface area contributed by atoms with Crippen molar-refractivity contribution in [3.05, 3.63) is 71.4 Å². The molecule has 2 N–H and O–H groups in total. The van der Waals surface area contributed by atoms with Gasteiger partial charge >= 0.3 is 6.03 Å². The first-order valence-electron chi connectivity index (χ1n) is 14.0. The number of pyridine rings is 1. The van der Waals surface area contributed by atoms with Crippen molar-refractivity contribution in [3.63, 3.8) is 0 Å². The first-order valence-corrected chi connectivity index (χ1v) is 14.4. The highest BCUT2D eigenvalue weighted by Crippen LogP contribution is 2.48. The number of urea groups is 1. The molecular formula is C32H35ClN4O6. The molecule has 1 aliphatic rings. The molecule has 226 valence electrons. The zero-order valence-electron chi connectivity index (χ0n) is 24.4. The largest absolute Gasteiger partial charge is 0.489 e. The van der Waals surface area contributed by atoms with Crippen LogP contribution in [-0.4, -0.2) is 69.6 Å². The molecule has 0 spiro atoms. The number of hydrogen-bond acceptors (Lipinski definition) is 8. The second-order valence-electron chi connectivity index (χ2n) is 10.1. The Morgan fingerprint density at radius 3 is 2.47 bits per heavy atom. The van der Waals surface area contributed by atoms with Gasteiger partial charge in [0, 0.05) is 48.9 Å². The standard InChI is InChI=1S/C32H35ClN4O6/c1-21-19-23(7-10-25(21)33)36-32(38)35-22-5-8-24(9-6-22)43-27-11-12-34-26-20-28(30-31(29(26)27)42-18-17-41-30)40-15-4-13-37(2)14-16-39-3/h5-12,19-20H,4,13-18H2,1-3H3,(H2,35,36,38). The van der Waals surface area contributed by atoms with Crippen LogP contribution in [0.25, 0.3) is 10.9 Å². The fraction of sp³-hybridized carbons (Fsp3) is 0.312. The smallest absolute Gasteiger partial charge is 0.323 e. The Balaban J connectivity index is 1.27. The predicted octanol–water partition coefficient (Wildman–Crippen LogP) is 6.75. The monoisotopic (exact) mass is 606 g/mol. The Morgan fingerprint density at radius 2 is 1.70 bits per heavy atom. The molecule has 0 atom stereocenters. The number of likely N-dealkylation sites (N-methyl/N-ethyl adjacent to an activating group) is 1. The molecule has 10 nitrogen and oxygen atoms in total. The highest BCUT2D eigenvalue weighted by Gasteiger charge is 2.24. The van der Waals surface area contributed by atoms with Crippen molar-refractivity contribution in [1.29, 1.82) is 0 Å². The van der Waals surface area contributed by atoms with Crippen LogP contribution in [0, 0.1) is 6.92 Å². The summed E-state index contributed by atoms with van der Waals surface area (Å²) in [4.78, 5) is 19.2. The number of ether oxygens (including phenoxy) is 5.